The third-order valence-corrected chi connectivity index (χ3v) is 2.59. The summed E-state index contributed by atoms with van der Waals surface area (Å²) in [5.74, 6) is -0.373. The number of hydrogen-bond donors (Lipinski definition) is 1. The lowest BCUT2D eigenvalue weighted by molar-refractivity contribution is -0.140. The van der Waals surface area contributed by atoms with Crippen molar-refractivity contribution in [2.75, 3.05) is 0 Å². The van der Waals surface area contributed by atoms with Gasteiger partial charge in [-0.15, -0.1) is 0 Å². The van der Waals surface area contributed by atoms with Gasteiger partial charge in [-0.3, -0.25) is 0 Å². The fourth-order valence-electron chi connectivity index (χ4n) is 1.43. The van der Waals surface area contributed by atoms with Crippen LogP contribution in [0.1, 0.15) is 20.3 Å². The number of nitrogens with two attached hydrogens (primary N) is 1. The van der Waals surface area contributed by atoms with Gasteiger partial charge in [0.1, 0.15) is 0 Å². The monoisotopic (exact) mass is 167 g/mol. The smallest absolute Gasteiger partial charge is 0.327 e. The van der Waals surface area contributed by atoms with Gasteiger partial charge in [-0.2, -0.15) is 13.2 Å². The van der Waals surface area contributed by atoms with Crippen LogP contribution in [0.15, 0.2) is 0 Å². The minimum Gasteiger partial charge on any atom is -0.327 e. The summed E-state index contributed by atoms with van der Waals surface area (Å²) in [5, 5.41) is 0. The Balaban J connectivity index is 2.44. The molecule has 0 amide bonds. The zero-order chi connectivity index (χ0) is 8.86. The molecule has 1 saturated carbocycles. The highest BCUT2D eigenvalue weighted by Gasteiger charge is 2.58. The summed E-state index contributed by atoms with van der Waals surface area (Å²) in [4.78, 5) is 0. The Bertz CT molecular complexity index is 162. The molecule has 1 fully saturated rings. The molecule has 1 nitrogen and oxygen atoms in total. The molecule has 2 N–H and O–H groups in total. The van der Waals surface area contributed by atoms with Crippen LogP contribution in [0.4, 0.5) is 13.2 Å². The lowest BCUT2D eigenvalue weighted by Crippen LogP contribution is -2.12. The lowest BCUT2D eigenvalue weighted by atomic mass is 10.1. The highest BCUT2D eigenvalue weighted by molar-refractivity contribution is 5.09. The highest BCUT2D eigenvalue weighted by atomic mass is 19.4. The molecule has 1 rings (SSSR count). The van der Waals surface area contributed by atoms with Gasteiger partial charge in [0.15, 0.2) is 0 Å². The van der Waals surface area contributed by atoms with Gasteiger partial charge in [-0.1, -0.05) is 13.8 Å². The minimum absolute atomic E-state index is 0.274. The molecule has 0 heterocycles. The lowest BCUT2D eigenvalue weighted by Gasteiger charge is -2.05. The average molecular weight is 167 g/mol. The second-order valence-corrected chi connectivity index (χ2v) is 3.77. The second-order valence-electron chi connectivity index (χ2n) is 3.77. The maximum absolute atomic E-state index is 11.8. The Labute approximate surface area is 63.8 Å². The summed E-state index contributed by atoms with van der Waals surface area (Å²) in [7, 11) is 0. The molecule has 0 aliphatic heterocycles. The number of alkyl halides is 3. The van der Waals surface area contributed by atoms with Crippen LogP contribution >= 0.6 is 0 Å². The SMILES string of the molecule is CC1(C)[C@@H](N)[C@@H]1CC(F)(F)F. The standard InChI is InChI=1S/C7H12F3N/c1-6(2)4(5(6)11)3-7(8,9)10/h4-5H,3,11H2,1-2H3/t4-,5-/m0/s1. The zero-order valence-electron chi connectivity index (χ0n) is 6.57. The molecule has 0 saturated heterocycles. The Hall–Kier alpha value is -0.250. The largest absolute Gasteiger partial charge is 0.389 e. The van der Waals surface area contributed by atoms with Crippen molar-refractivity contribution in [1.82, 2.24) is 0 Å². The van der Waals surface area contributed by atoms with Crippen molar-refractivity contribution in [3.05, 3.63) is 0 Å². The van der Waals surface area contributed by atoms with E-state index in [0.29, 0.717) is 0 Å². The maximum atomic E-state index is 11.8. The van der Waals surface area contributed by atoms with E-state index in [-0.39, 0.29) is 17.4 Å². The topological polar surface area (TPSA) is 26.0 Å². The van der Waals surface area contributed by atoms with Crippen LogP contribution in [0.3, 0.4) is 0 Å². The van der Waals surface area contributed by atoms with Crippen LogP contribution in [0, 0.1) is 11.3 Å². The maximum Gasteiger partial charge on any atom is 0.389 e. The summed E-state index contributed by atoms with van der Waals surface area (Å²) in [6.07, 6.45) is -4.79. The van der Waals surface area contributed by atoms with E-state index in [4.69, 9.17) is 5.73 Å². The van der Waals surface area contributed by atoms with E-state index in [1.165, 1.54) is 0 Å². The van der Waals surface area contributed by atoms with E-state index in [1.54, 1.807) is 13.8 Å². The van der Waals surface area contributed by atoms with E-state index >= 15 is 0 Å². The third kappa shape index (κ3) is 1.67. The molecule has 66 valence electrons. The molecule has 1 aliphatic rings. The first kappa shape index (κ1) is 8.84. The van der Waals surface area contributed by atoms with E-state index in [0.717, 1.165) is 0 Å². The van der Waals surface area contributed by atoms with E-state index in [9.17, 15) is 13.2 Å². The van der Waals surface area contributed by atoms with Gasteiger partial charge in [0.25, 0.3) is 0 Å². The first-order chi connectivity index (χ1) is 4.75. The van der Waals surface area contributed by atoms with Crippen LogP contribution in [0.25, 0.3) is 0 Å². The molecule has 11 heavy (non-hydrogen) atoms. The molecule has 1 aliphatic carbocycles. The zero-order valence-corrected chi connectivity index (χ0v) is 6.57. The third-order valence-electron chi connectivity index (χ3n) is 2.59. The highest BCUT2D eigenvalue weighted by Crippen LogP contribution is 2.54. The Morgan fingerprint density at radius 1 is 1.36 bits per heavy atom. The molecule has 0 bridgehead atoms. The van der Waals surface area contributed by atoms with Gasteiger partial charge >= 0.3 is 6.18 Å². The Morgan fingerprint density at radius 3 is 1.82 bits per heavy atom. The molecule has 0 unspecified atom stereocenters. The van der Waals surface area contributed by atoms with Gasteiger partial charge in [-0.05, 0) is 11.3 Å². The molecule has 0 aromatic heterocycles. The number of hydrogen-bond acceptors (Lipinski definition) is 1. The first-order valence-electron chi connectivity index (χ1n) is 3.57. The normalized spacial score (nSPS) is 35.5. The van der Waals surface area contributed by atoms with Crippen LogP contribution in [0.5, 0.6) is 0 Å². The predicted octanol–water partition coefficient (Wildman–Crippen LogP) is 1.92. The van der Waals surface area contributed by atoms with Gasteiger partial charge in [-0.25, -0.2) is 0 Å². The predicted molar refractivity (Wildman–Crippen MR) is 35.9 cm³/mol. The molecule has 0 radical (unpaired) electrons. The van der Waals surface area contributed by atoms with Crippen LogP contribution in [0.2, 0.25) is 0 Å². The minimum atomic E-state index is -4.06. The molecule has 0 aromatic rings. The Morgan fingerprint density at radius 2 is 1.73 bits per heavy atom. The fourth-order valence-corrected chi connectivity index (χ4v) is 1.43. The molecular weight excluding hydrogens is 155 g/mol. The fraction of sp³-hybridized carbons (Fsp3) is 1.00. The molecule has 4 heteroatoms. The van der Waals surface area contributed by atoms with E-state index in [1.807, 2.05) is 0 Å². The van der Waals surface area contributed by atoms with Crippen LogP contribution < -0.4 is 5.73 Å². The van der Waals surface area contributed by atoms with Gasteiger partial charge < -0.3 is 5.73 Å². The Kier molecular flexibility index (Phi) is 1.71. The summed E-state index contributed by atoms with van der Waals surface area (Å²) in [5.41, 5.74) is 5.14. The van der Waals surface area contributed by atoms with Crippen molar-refractivity contribution in [3.63, 3.8) is 0 Å². The van der Waals surface area contributed by atoms with Gasteiger partial charge in [0.05, 0.1) is 0 Å². The van der Waals surface area contributed by atoms with Crippen molar-refractivity contribution in [2.45, 2.75) is 32.5 Å². The molecule has 0 aromatic carbocycles. The molecule has 2 atom stereocenters. The summed E-state index contributed by atoms with van der Waals surface area (Å²) < 4.78 is 35.4. The summed E-state index contributed by atoms with van der Waals surface area (Å²) in [6, 6.07) is -0.274. The van der Waals surface area contributed by atoms with Crippen molar-refractivity contribution < 1.29 is 13.2 Å². The molecule has 0 spiro atoms. The average Bonchev–Trinajstić information content (AvgIpc) is 2.14. The van der Waals surface area contributed by atoms with Crippen molar-refractivity contribution in [2.24, 2.45) is 17.1 Å². The summed E-state index contributed by atoms with van der Waals surface area (Å²) in [6.45, 7) is 3.54. The first-order valence-corrected chi connectivity index (χ1v) is 3.57. The van der Waals surface area contributed by atoms with Crippen molar-refractivity contribution >= 4 is 0 Å². The second kappa shape index (κ2) is 2.12. The van der Waals surface area contributed by atoms with E-state index < -0.39 is 12.6 Å². The quantitative estimate of drug-likeness (QED) is 0.634. The number of rotatable bonds is 1. The summed E-state index contributed by atoms with van der Waals surface area (Å²) >= 11 is 0. The van der Waals surface area contributed by atoms with E-state index in [2.05, 4.69) is 0 Å². The van der Waals surface area contributed by atoms with Crippen LogP contribution in [-0.4, -0.2) is 12.2 Å². The van der Waals surface area contributed by atoms with Gasteiger partial charge in [0.2, 0.25) is 0 Å². The molecular formula is C7H12F3N. The van der Waals surface area contributed by atoms with Crippen molar-refractivity contribution in [3.8, 4) is 0 Å². The van der Waals surface area contributed by atoms with Gasteiger partial charge in [0, 0.05) is 12.5 Å². The number of halogens is 3. The van der Waals surface area contributed by atoms with Crippen molar-refractivity contribution in [1.29, 1.82) is 0 Å². The van der Waals surface area contributed by atoms with Crippen LogP contribution in [-0.2, 0) is 0 Å².